The van der Waals surface area contributed by atoms with Crippen LogP contribution in [0.3, 0.4) is 0 Å². The highest BCUT2D eigenvalue weighted by Crippen LogP contribution is 2.44. The lowest BCUT2D eigenvalue weighted by Crippen LogP contribution is -2.49. The predicted octanol–water partition coefficient (Wildman–Crippen LogP) is 7.69. The molecule has 0 spiro atoms. The van der Waals surface area contributed by atoms with Crippen molar-refractivity contribution in [2.24, 2.45) is 0 Å². The van der Waals surface area contributed by atoms with Gasteiger partial charge in [-0.3, -0.25) is 43.4 Å². The van der Waals surface area contributed by atoms with Crippen LogP contribution in [0.5, 0.6) is 0 Å². The Hall–Kier alpha value is -11.2. The van der Waals surface area contributed by atoms with E-state index < -0.39 is 47.8 Å². The number of hydrazine groups is 2. The Balaban J connectivity index is 0.000000222. The largest absolute Gasteiger partial charge is 0.459 e. The molecule has 0 saturated carbocycles. The second-order valence-electron chi connectivity index (χ2n) is 26.5. The first-order valence-corrected chi connectivity index (χ1v) is 36.2. The van der Waals surface area contributed by atoms with Crippen LogP contribution < -0.4 is 57.3 Å². The third kappa shape index (κ3) is 22.0. The van der Waals surface area contributed by atoms with Crippen molar-refractivity contribution in [2.45, 2.75) is 89.8 Å². The molecule has 0 bridgehead atoms. The van der Waals surface area contributed by atoms with E-state index in [1.807, 2.05) is 58.3 Å². The Labute approximate surface area is 619 Å². The Morgan fingerprint density at radius 2 is 0.981 bits per heavy atom. The summed E-state index contributed by atoms with van der Waals surface area (Å²) in [5.74, 6) is -3.53. The number of nitrogens with zero attached hydrogens (tertiary/aromatic N) is 6. The number of anilines is 6. The van der Waals surface area contributed by atoms with Gasteiger partial charge in [-0.2, -0.15) is 0 Å². The molecule has 29 heteroatoms. The van der Waals surface area contributed by atoms with Crippen LogP contribution in [0.15, 0.2) is 133 Å². The van der Waals surface area contributed by atoms with E-state index >= 15 is 8.78 Å². The third-order valence-corrected chi connectivity index (χ3v) is 19.0. The number of benzene rings is 6. The number of carbonyl (C=O) groups excluding carboxylic acids is 11. The molecule has 5 fully saturated rings. The van der Waals surface area contributed by atoms with Gasteiger partial charge >= 0.3 is 18.2 Å². The average Bonchev–Trinajstić information content (AvgIpc) is 1.62. The first-order valence-electron chi connectivity index (χ1n) is 36.2. The SMILES string of the molecule is C1CCNCC1.CC(=O)NC[C@H]1CN(c2ccc(N3CCN(C(=O)CCCC(=O)c4ccc(NNCC(=O)C(=O)OCC5c6ccccc6-c6ccccc65)cc4)CC3)c(F)c2)C(=O)O1.CC(=O)NC[C@H]1CN(c2ccc(N3CCN(C(=O)CCCC(=O)c4ccc(NNCC=O)cc4)CC3)c(F)c2)C(=O)O1. The highest BCUT2D eigenvalue weighted by molar-refractivity contribution is 6.34. The molecular formula is C78H91F2N13O14. The molecule has 0 unspecified atom stereocenters. The van der Waals surface area contributed by atoms with Gasteiger partial charge in [-0.05, 0) is 146 Å². The molecule has 6 aromatic carbocycles. The second-order valence-corrected chi connectivity index (χ2v) is 26.5. The molecule has 6 aromatic rings. The maximum absolute atomic E-state index is 15.2. The number of hydrogen-bond donors (Lipinski definition) is 7. The summed E-state index contributed by atoms with van der Waals surface area (Å²) in [4.78, 5) is 143. The number of ether oxygens (including phenoxy) is 3. The minimum absolute atomic E-state index is 0.0413. The van der Waals surface area contributed by atoms with Gasteiger partial charge in [0.2, 0.25) is 23.6 Å². The summed E-state index contributed by atoms with van der Waals surface area (Å²) in [5, 5.41) is 8.51. The highest BCUT2D eigenvalue weighted by atomic mass is 19.1. The minimum Gasteiger partial charge on any atom is -0.459 e. The zero-order chi connectivity index (χ0) is 75.8. The molecule has 2 atom stereocenters. The van der Waals surface area contributed by atoms with Crippen molar-refractivity contribution in [1.29, 1.82) is 0 Å². The molecule has 5 heterocycles. The molecule has 12 rings (SSSR count). The molecule has 5 saturated heterocycles. The van der Waals surface area contributed by atoms with Crippen LogP contribution in [-0.2, 0) is 47.8 Å². The fourth-order valence-electron chi connectivity index (χ4n) is 13.3. The van der Waals surface area contributed by atoms with E-state index in [9.17, 15) is 52.7 Å². The number of halogens is 2. The summed E-state index contributed by atoms with van der Waals surface area (Å²) >= 11 is 0. The summed E-state index contributed by atoms with van der Waals surface area (Å²) < 4.78 is 46.3. The maximum Gasteiger partial charge on any atom is 0.414 e. The first-order chi connectivity index (χ1) is 51.8. The first kappa shape index (κ1) is 78.4. The molecule has 0 aromatic heterocycles. The van der Waals surface area contributed by atoms with Gasteiger partial charge in [0, 0.05) is 120 Å². The molecule has 566 valence electrons. The van der Waals surface area contributed by atoms with Crippen molar-refractivity contribution < 1.29 is 75.7 Å². The number of nitrogens with one attached hydrogen (secondary N) is 7. The van der Waals surface area contributed by atoms with E-state index in [1.54, 1.807) is 82.6 Å². The Morgan fingerprint density at radius 3 is 1.38 bits per heavy atom. The minimum atomic E-state index is -0.925. The van der Waals surface area contributed by atoms with Gasteiger partial charge in [0.05, 0.1) is 62.0 Å². The van der Waals surface area contributed by atoms with E-state index in [0.29, 0.717) is 105 Å². The fourth-order valence-corrected chi connectivity index (χ4v) is 13.3. The van der Waals surface area contributed by atoms with Crippen molar-refractivity contribution in [2.75, 3.05) is 142 Å². The molecule has 107 heavy (non-hydrogen) atoms. The number of amides is 6. The lowest BCUT2D eigenvalue weighted by molar-refractivity contribution is -0.153. The van der Waals surface area contributed by atoms with Gasteiger partial charge in [0.15, 0.2) is 11.6 Å². The molecule has 0 radical (unpaired) electrons. The van der Waals surface area contributed by atoms with E-state index in [2.05, 4.69) is 37.7 Å². The summed E-state index contributed by atoms with van der Waals surface area (Å²) in [6.07, 6.45) is 4.38. The van der Waals surface area contributed by atoms with Gasteiger partial charge in [0.1, 0.15) is 36.7 Å². The van der Waals surface area contributed by atoms with E-state index in [0.717, 1.165) is 34.2 Å². The van der Waals surface area contributed by atoms with Crippen molar-refractivity contribution in [3.63, 3.8) is 0 Å². The average molecular weight is 1470 g/mol. The number of rotatable bonds is 29. The van der Waals surface area contributed by atoms with Gasteiger partial charge in [-0.15, -0.1) is 0 Å². The number of aldehydes is 1. The summed E-state index contributed by atoms with van der Waals surface area (Å²) in [5.41, 5.74) is 19.3. The molecule has 7 N–H and O–H groups in total. The van der Waals surface area contributed by atoms with Crippen molar-refractivity contribution in [3.05, 3.63) is 167 Å². The summed E-state index contributed by atoms with van der Waals surface area (Å²) in [7, 11) is 0. The van der Waals surface area contributed by atoms with Crippen molar-refractivity contribution in [1.82, 2.24) is 36.6 Å². The molecule has 5 aliphatic heterocycles. The predicted molar refractivity (Wildman–Crippen MR) is 398 cm³/mol. The highest BCUT2D eigenvalue weighted by Gasteiger charge is 2.36. The lowest BCUT2D eigenvalue weighted by Gasteiger charge is -2.36. The molecule has 6 aliphatic rings. The van der Waals surface area contributed by atoms with Crippen molar-refractivity contribution >= 4 is 99.5 Å². The third-order valence-electron chi connectivity index (χ3n) is 19.0. The van der Waals surface area contributed by atoms with Gasteiger partial charge in [-0.25, -0.2) is 34.0 Å². The van der Waals surface area contributed by atoms with Crippen LogP contribution >= 0.6 is 0 Å². The zero-order valence-corrected chi connectivity index (χ0v) is 60.1. The molecule has 6 amide bonds. The van der Waals surface area contributed by atoms with Crippen LogP contribution in [0.25, 0.3) is 11.1 Å². The Morgan fingerprint density at radius 1 is 0.542 bits per heavy atom. The Kier molecular flexibility index (Phi) is 28.4. The fraction of sp³-hybridized carbons (Fsp3) is 0.397. The van der Waals surface area contributed by atoms with E-state index in [4.69, 9.17) is 14.2 Å². The normalized spacial score (nSPS) is 16.7. The number of Topliss-reactive ketones (excluding diaryl/α,β-unsaturated/α-hetero) is 3. The Bertz CT molecular complexity index is 4090. The van der Waals surface area contributed by atoms with Crippen molar-refractivity contribution in [3.8, 4) is 11.1 Å². The number of cyclic esters (lactones) is 2. The number of ketones is 3. The zero-order valence-electron chi connectivity index (χ0n) is 60.1. The molecule has 27 nitrogen and oxygen atoms in total. The van der Waals surface area contributed by atoms with E-state index in [1.165, 1.54) is 68.1 Å². The number of piperazine rings is 2. The van der Waals surface area contributed by atoms with Crippen LogP contribution in [-0.4, -0.2) is 199 Å². The number of hydrogen-bond acceptors (Lipinski definition) is 21. The maximum atomic E-state index is 15.2. The second kappa shape index (κ2) is 38.7. The summed E-state index contributed by atoms with van der Waals surface area (Å²) in [6.45, 7) is 9.33. The van der Waals surface area contributed by atoms with Gasteiger partial charge < -0.3 is 65.4 Å². The van der Waals surface area contributed by atoms with Crippen LogP contribution in [0.4, 0.5) is 52.5 Å². The molecule has 1 aliphatic carbocycles. The topological polar surface area (TPSA) is 319 Å². The van der Waals surface area contributed by atoms with Gasteiger partial charge in [-0.1, -0.05) is 55.0 Å². The van der Waals surface area contributed by atoms with Crippen LogP contribution in [0.2, 0.25) is 0 Å². The quantitative estimate of drug-likeness (QED) is 0.00450. The molecular weight excluding hydrogens is 1380 g/mol. The monoisotopic (exact) mass is 1470 g/mol. The number of fused-ring (bicyclic) bond motifs is 3. The number of esters is 1. The van der Waals surface area contributed by atoms with E-state index in [-0.39, 0.29) is 113 Å². The lowest BCUT2D eigenvalue weighted by atomic mass is 9.98. The van der Waals surface area contributed by atoms with Crippen LogP contribution in [0, 0.1) is 11.6 Å². The number of piperidine rings is 1. The summed E-state index contributed by atoms with van der Waals surface area (Å²) in [6, 6.07) is 38.5. The van der Waals surface area contributed by atoms with Gasteiger partial charge in [0.25, 0.3) is 5.78 Å². The standard InChI is InChI=1S/C44H45FN6O8.C29H35FN6O6.C5H11N/c1-28(52)46-24-32-26-51(44(57)59-32)31-17-18-39(38(45)23-31)49-19-21-50(22-20-49)42(55)12-6-11-40(53)29-13-15-30(16-14-29)48-47-25-41(54)43(56)58-27-37-35-9-4-2-7-33(35)34-8-3-5-10-36(34)37;1-20(38)31-18-24-19-36(29(41)42-24)23-9-10-26(25(30)17-23)34-12-14-35(15-13-34)28(40)4-2-3-27(39)21-5-7-22(8-6-21)33-32-11-16-37;1-2-4-6-5-3-1/h2-5,7-10,13-18,23,32,37,47-48H,6,11-12,19-22,24-27H2,1H3,(H,46,52);5-10,16-17,24,32-33H,2-4,11-15,18-19H2,1H3,(H,31,38);6H,1-5H2/t32-;24-;/m00./s1. The van der Waals surface area contributed by atoms with Crippen LogP contribution in [0.1, 0.15) is 109 Å². The smallest absolute Gasteiger partial charge is 0.414 e. The number of carbonyl (C=O) groups is 11.